The number of pyridine rings is 1. The molecule has 5 aromatic rings. The van der Waals surface area contributed by atoms with Crippen molar-refractivity contribution < 1.29 is 23.9 Å². The number of H-pyrrole nitrogens is 2. The Labute approximate surface area is 302 Å². The molecule has 0 bridgehead atoms. The van der Waals surface area contributed by atoms with E-state index in [-0.39, 0.29) is 30.0 Å². The molecule has 52 heavy (non-hydrogen) atoms. The van der Waals surface area contributed by atoms with Crippen LogP contribution in [0.3, 0.4) is 0 Å². The Morgan fingerprint density at radius 1 is 0.865 bits per heavy atom. The average Bonchev–Trinajstić information content (AvgIpc) is 3.94. The van der Waals surface area contributed by atoms with Crippen LogP contribution in [-0.2, 0) is 14.3 Å². The maximum Gasteiger partial charge on any atom is 0.410 e. The van der Waals surface area contributed by atoms with Gasteiger partial charge in [-0.1, -0.05) is 38.1 Å². The molecule has 3 unspecified atom stereocenters. The number of fused-ring (bicyclic) bond motifs is 2. The Hall–Kier alpha value is -5.46. The molecule has 3 amide bonds. The van der Waals surface area contributed by atoms with Gasteiger partial charge in [0.15, 0.2) is 5.65 Å². The lowest BCUT2D eigenvalue weighted by Gasteiger charge is -2.30. The van der Waals surface area contributed by atoms with Crippen LogP contribution in [0.1, 0.15) is 84.0 Å². The van der Waals surface area contributed by atoms with E-state index in [1.54, 1.807) is 4.90 Å². The second kappa shape index (κ2) is 13.9. The molecule has 0 aliphatic carbocycles. The number of imidazole rings is 2. The van der Waals surface area contributed by atoms with Crippen LogP contribution in [0.25, 0.3) is 44.5 Å². The summed E-state index contributed by atoms with van der Waals surface area (Å²) >= 11 is 0. The number of nitrogens with zero attached hydrogens (tertiary/aromatic N) is 5. The highest BCUT2D eigenvalue weighted by Crippen LogP contribution is 2.35. The number of alkyl carbamates (subject to hydrolysis) is 1. The predicted octanol–water partition coefficient (Wildman–Crippen LogP) is 7.28. The van der Waals surface area contributed by atoms with Gasteiger partial charge >= 0.3 is 12.2 Å². The third-order valence-corrected chi connectivity index (χ3v) is 9.85. The van der Waals surface area contributed by atoms with E-state index < -0.39 is 17.7 Å². The Kier molecular flexibility index (Phi) is 9.36. The second-order valence-corrected chi connectivity index (χ2v) is 15.0. The molecule has 3 aromatic heterocycles. The molecule has 3 N–H and O–H groups in total. The summed E-state index contributed by atoms with van der Waals surface area (Å²) in [6.45, 7) is 10.7. The van der Waals surface area contributed by atoms with Gasteiger partial charge in [-0.2, -0.15) is 0 Å². The summed E-state index contributed by atoms with van der Waals surface area (Å²) in [5.74, 6) is 1.21. The quantitative estimate of drug-likeness (QED) is 0.159. The first kappa shape index (κ1) is 35.0. The molecule has 2 aliphatic heterocycles. The van der Waals surface area contributed by atoms with Gasteiger partial charge in [0, 0.05) is 24.2 Å². The van der Waals surface area contributed by atoms with Crippen molar-refractivity contribution in [3.8, 4) is 22.5 Å². The monoisotopic (exact) mass is 706 g/mol. The molecule has 0 radical (unpaired) electrons. The first-order valence-corrected chi connectivity index (χ1v) is 18.0. The van der Waals surface area contributed by atoms with E-state index in [2.05, 4.69) is 51.7 Å². The molecule has 5 heterocycles. The van der Waals surface area contributed by atoms with Crippen molar-refractivity contribution in [2.45, 2.75) is 84.0 Å². The Morgan fingerprint density at radius 2 is 1.54 bits per heavy atom. The zero-order valence-electron chi connectivity index (χ0n) is 30.5. The van der Waals surface area contributed by atoms with Gasteiger partial charge < -0.3 is 29.7 Å². The van der Waals surface area contributed by atoms with Crippen molar-refractivity contribution in [3.05, 3.63) is 66.4 Å². The summed E-state index contributed by atoms with van der Waals surface area (Å²) < 4.78 is 10.4. The molecule has 13 nitrogen and oxygen atoms in total. The molecule has 3 atom stereocenters. The molecule has 2 fully saturated rings. The molecule has 2 aliphatic rings. The molecule has 0 spiro atoms. The highest BCUT2D eigenvalue weighted by Gasteiger charge is 2.38. The van der Waals surface area contributed by atoms with E-state index in [9.17, 15) is 14.4 Å². The second-order valence-electron chi connectivity index (χ2n) is 15.0. The molecule has 7 rings (SSSR count). The van der Waals surface area contributed by atoms with Gasteiger partial charge in [0.1, 0.15) is 23.3 Å². The van der Waals surface area contributed by atoms with Crippen LogP contribution in [0.4, 0.5) is 9.59 Å². The number of nitrogens with one attached hydrogen (secondary N) is 3. The van der Waals surface area contributed by atoms with Crippen LogP contribution in [0.2, 0.25) is 0 Å². The topological polar surface area (TPSA) is 158 Å². The van der Waals surface area contributed by atoms with Crippen LogP contribution < -0.4 is 5.32 Å². The highest BCUT2D eigenvalue weighted by molar-refractivity contribution is 5.91. The van der Waals surface area contributed by atoms with Gasteiger partial charge in [-0.05, 0) is 87.4 Å². The molecule has 13 heteroatoms. The number of hydrogen-bond acceptors (Lipinski definition) is 8. The van der Waals surface area contributed by atoms with Crippen LogP contribution in [-0.4, -0.2) is 84.7 Å². The lowest BCUT2D eigenvalue weighted by atomic mass is 10.0. The third kappa shape index (κ3) is 7.04. The summed E-state index contributed by atoms with van der Waals surface area (Å²) in [5.41, 5.74) is 4.49. The van der Waals surface area contributed by atoms with E-state index in [0.717, 1.165) is 76.1 Å². The number of benzene rings is 2. The largest absolute Gasteiger partial charge is 0.453 e. The molecule has 2 aromatic carbocycles. The number of rotatable bonds is 7. The predicted molar refractivity (Wildman–Crippen MR) is 197 cm³/mol. The van der Waals surface area contributed by atoms with E-state index in [1.165, 1.54) is 7.11 Å². The zero-order valence-corrected chi connectivity index (χ0v) is 30.5. The first-order valence-electron chi connectivity index (χ1n) is 18.0. The number of methoxy groups -OCH3 is 1. The lowest BCUT2D eigenvalue weighted by molar-refractivity contribution is -0.135. The lowest BCUT2D eigenvalue weighted by Crippen LogP contribution is -2.51. The smallest absolute Gasteiger partial charge is 0.410 e. The number of aromatic amines is 2. The molecule has 0 saturated carbocycles. The van der Waals surface area contributed by atoms with Crippen LogP contribution >= 0.6 is 0 Å². The van der Waals surface area contributed by atoms with E-state index in [4.69, 9.17) is 24.4 Å². The average molecular weight is 707 g/mol. The normalized spacial score (nSPS) is 18.4. The summed E-state index contributed by atoms with van der Waals surface area (Å²) in [6, 6.07) is 15.4. The van der Waals surface area contributed by atoms with E-state index >= 15 is 0 Å². The summed E-state index contributed by atoms with van der Waals surface area (Å²) in [5, 5.41) is 4.83. The number of amides is 3. The van der Waals surface area contributed by atoms with Gasteiger partial charge in [0.05, 0.1) is 42.3 Å². The number of carbonyl (C=O) groups excluding carboxylic acids is 3. The van der Waals surface area contributed by atoms with Gasteiger partial charge in [-0.15, -0.1) is 0 Å². The van der Waals surface area contributed by atoms with Crippen molar-refractivity contribution in [1.82, 2.24) is 40.0 Å². The van der Waals surface area contributed by atoms with Crippen molar-refractivity contribution in [2.75, 3.05) is 20.2 Å². The fourth-order valence-electron chi connectivity index (χ4n) is 7.24. The molecular formula is C39H46N8O5. The molecular weight excluding hydrogens is 660 g/mol. The Morgan fingerprint density at radius 3 is 2.23 bits per heavy atom. The van der Waals surface area contributed by atoms with Crippen LogP contribution in [0, 0.1) is 5.92 Å². The van der Waals surface area contributed by atoms with Crippen molar-refractivity contribution in [2.24, 2.45) is 5.92 Å². The van der Waals surface area contributed by atoms with Gasteiger partial charge in [0.2, 0.25) is 5.91 Å². The molecule has 272 valence electrons. The number of likely N-dealkylation sites (tertiary alicyclic amines) is 2. The van der Waals surface area contributed by atoms with Crippen LogP contribution in [0.15, 0.2) is 54.7 Å². The fraction of sp³-hybridized carbons (Fsp3) is 0.436. The summed E-state index contributed by atoms with van der Waals surface area (Å²) in [7, 11) is 1.29. The minimum absolute atomic E-state index is 0.102. The summed E-state index contributed by atoms with van der Waals surface area (Å²) in [6.07, 6.45) is 4.20. The Balaban J connectivity index is 1.08. The van der Waals surface area contributed by atoms with Crippen LogP contribution in [0.5, 0.6) is 0 Å². The zero-order chi connectivity index (χ0) is 36.7. The summed E-state index contributed by atoms with van der Waals surface area (Å²) in [4.78, 5) is 63.2. The number of ether oxygens (including phenoxy) is 2. The maximum atomic E-state index is 13.6. The minimum atomic E-state index is -0.685. The third-order valence-electron chi connectivity index (χ3n) is 9.85. The SMILES string of the molecule is COC(=O)NC(C(=O)N1CCCC1c1ncc(-c2ccc3cc(-c4ccc5[nH]c(C6CCCN6C(=O)OC(C)(C)C)nc5n4)ccc3c2)[nH]1)C(C)C. The van der Waals surface area contributed by atoms with Gasteiger partial charge in [-0.25, -0.2) is 24.5 Å². The number of hydrogen-bond donors (Lipinski definition) is 3. The molecule has 2 saturated heterocycles. The van der Waals surface area contributed by atoms with E-state index in [1.807, 2.05) is 57.8 Å². The maximum absolute atomic E-state index is 13.6. The van der Waals surface area contributed by atoms with E-state index in [0.29, 0.717) is 18.7 Å². The van der Waals surface area contributed by atoms with Crippen molar-refractivity contribution in [1.29, 1.82) is 0 Å². The first-order chi connectivity index (χ1) is 24.9. The number of aromatic nitrogens is 5. The van der Waals surface area contributed by atoms with Crippen molar-refractivity contribution >= 4 is 40.0 Å². The fourth-order valence-corrected chi connectivity index (χ4v) is 7.24. The Bertz CT molecular complexity index is 2130. The minimum Gasteiger partial charge on any atom is -0.453 e. The van der Waals surface area contributed by atoms with Gasteiger partial charge in [0.25, 0.3) is 0 Å². The van der Waals surface area contributed by atoms with Gasteiger partial charge in [-0.3, -0.25) is 9.69 Å². The standard InChI is InChI=1S/C39H46N8O5/c1-22(2)32(44-37(49)51-6)36(48)46-17-7-9-30(46)34-40-21-29(43-34)26-14-12-23-19-25(13-11-24(23)20-26)27-15-16-28-33(41-27)45-35(42-28)31-10-8-18-47(31)38(50)52-39(3,4)5/h11-16,19-22,30-32H,7-10,17-18H2,1-6H3,(H,40,43)(H,44,49)(H,41,42,45). The van der Waals surface area contributed by atoms with Crippen molar-refractivity contribution in [3.63, 3.8) is 0 Å². The number of carbonyl (C=O) groups is 3. The highest BCUT2D eigenvalue weighted by atomic mass is 16.6.